The highest BCUT2D eigenvalue weighted by atomic mass is 32.2. The Kier molecular flexibility index (Phi) is 6.90. The number of hydrogen-bond acceptors (Lipinski definition) is 4. The van der Waals surface area contributed by atoms with E-state index in [0.29, 0.717) is 18.1 Å². The molecule has 2 saturated heterocycles. The van der Waals surface area contributed by atoms with Crippen LogP contribution in [0, 0.1) is 5.92 Å². The minimum absolute atomic E-state index is 0.205. The van der Waals surface area contributed by atoms with Crippen LogP contribution >= 0.6 is 0 Å². The van der Waals surface area contributed by atoms with Crippen LogP contribution in [0.4, 0.5) is 0 Å². The van der Waals surface area contributed by atoms with Gasteiger partial charge < -0.3 is 10.2 Å². The zero-order valence-electron chi connectivity index (χ0n) is 16.0. The topological polar surface area (TPSA) is 65.0 Å². The summed E-state index contributed by atoms with van der Waals surface area (Å²) in [6.07, 6.45) is 5.15. The van der Waals surface area contributed by atoms with Crippen LogP contribution in [0.15, 0.2) is 41.4 Å². The van der Waals surface area contributed by atoms with Gasteiger partial charge in [-0.05, 0) is 17.9 Å². The second kappa shape index (κ2) is 9.37. The van der Waals surface area contributed by atoms with Crippen LogP contribution in [-0.4, -0.2) is 82.0 Å². The fraction of sp³-hybridized carbons (Fsp3) is 0.550. The molecule has 7 heteroatoms. The van der Waals surface area contributed by atoms with Crippen LogP contribution in [0.3, 0.4) is 0 Å². The van der Waals surface area contributed by atoms with Crippen LogP contribution in [-0.2, 0) is 9.84 Å². The van der Waals surface area contributed by atoms with Gasteiger partial charge in [0.15, 0.2) is 15.8 Å². The molecule has 2 aliphatic heterocycles. The van der Waals surface area contributed by atoms with Crippen molar-refractivity contribution in [1.82, 2.24) is 15.1 Å². The third-order valence-corrected chi connectivity index (χ3v) is 7.07. The first-order valence-corrected chi connectivity index (χ1v) is 11.5. The van der Waals surface area contributed by atoms with Crippen molar-refractivity contribution in [3.8, 4) is 0 Å². The molecule has 0 radical (unpaired) electrons. The fourth-order valence-corrected chi connectivity index (χ4v) is 5.51. The Balaban J connectivity index is 1.40. The molecule has 1 unspecified atom stereocenters. The Morgan fingerprint density at radius 2 is 1.96 bits per heavy atom. The molecule has 1 N–H and O–H groups in total. The summed E-state index contributed by atoms with van der Waals surface area (Å²) in [4.78, 5) is 9.09. The van der Waals surface area contributed by atoms with Gasteiger partial charge in [-0.15, -0.1) is 0 Å². The van der Waals surface area contributed by atoms with Crippen molar-refractivity contribution >= 4 is 21.9 Å². The summed E-state index contributed by atoms with van der Waals surface area (Å²) in [5.74, 6) is 1.72. The summed E-state index contributed by atoms with van der Waals surface area (Å²) in [6, 6.07) is 10.4. The van der Waals surface area contributed by atoms with Crippen LogP contribution in [0.2, 0.25) is 0 Å². The highest BCUT2D eigenvalue weighted by Gasteiger charge is 2.28. The predicted molar refractivity (Wildman–Crippen MR) is 112 cm³/mol. The smallest absolute Gasteiger partial charge is 0.193 e. The van der Waals surface area contributed by atoms with Crippen LogP contribution in [0.1, 0.15) is 12.0 Å². The molecule has 0 saturated carbocycles. The molecule has 1 aromatic carbocycles. The first kappa shape index (κ1) is 19.9. The SMILES string of the molecule is CN=C(NCC1CCS(=O)(=O)C1)N1CCN(C/C=C/c2ccccc2)CC1. The molecule has 1 aromatic rings. The van der Waals surface area contributed by atoms with Gasteiger partial charge in [0, 0.05) is 46.3 Å². The second-order valence-electron chi connectivity index (χ2n) is 7.30. The molecule has 2 fully saturated rings. The second-order valence-corrected chi connectivity index (χ2v) is 9.53. The molecule has 148 valence electrons. The van der Waals surface area contributed by atoms with E-state index in [1.807, 2.05) is 6.07 Å². The lowest BCUT2D eigenvalue weighted by Crippen LogP contribution is -2.53. The Morgan fingerprint density at radius 1 is 1.22 bits per heavy atom. The van der Waals surface area contributed by atoms with Gasteiger partial charge in [0.2, 0.25) is 0 Å². The van der Waals surface area contributed by atoms with E-state index in [2.05, 4.69) is 56.5 Å². The predicted octanol–water partition coefficient (Wildman–Crippen LogP) is 1.33. The lowest BCUT2D eigenvalue weighted by molar-refractivity contribution is 0.194. The van der Waals surface area contributed by atoms with Gasteiger partial charge in [-0.2, -0.15) is 0 Å². The molecule has 0 aromatic heterocycles. The minimum Gasteiger partial charge on any atom is -0.356 e. The zero-order valence-corrected chi connectivity index (χ0v) is 16.9. The van der Waals surface area contributed by atoms with E-state index < -0.39 is 9.84 Å². The maximum atomic E-state index is 11.6. The molecule has 0 aliphatic carbocycles. The first-order valence-electron chi connectivity index (χ1n) is 9.66. The summed E-state index contributed by atoms with van der Waals surface area (Å²) in [6.45, 7) is 5.50. The highest BCUT2D eigenvalue weighted by molar-refractivity contribution is 7.91. The third kappa shape index (κ3) is 6.07. The molecule has 2 aliphatic rings. The standard InChI is InChI=1S/C20H30N4O2S/c1-21-20(22-16-19-9-15-27(25,26)17-19)24-13-11-23(12-14-24)10-5-8-18-6-3-2-4-7-18/h2-8,19H,9-17H2,1H3,(H,21,22)/b8-5+. The number of nitrogens with zero attached hydrogens (tertiary/aromatic N) is 3. The number of hydrogen-bond donors (Lipinski definition) is 1. The van der Waals surface area contributed by atoms with Crippen molar-refractivity contribution in [3.05, 3.63) is 42.0 Å². The summed E-state index contributed by atoms with van der Waals surface area (Å²) in [5, 5.41) is 3.38. The van der Waals surface area contributed by atoms with Crippen LogP contribution in [0.25, 0.3) is 6.08 Å². The van der Waals surface area contributed by atoms with E-state index in [9.17, 15) is 8.42 Å². The molecule has 0 bridgehead atoms. The van der Waals surface area contributed by atoms with Gasteiger partial charge in [0.25, 0.3) is 0 Å². The van der Waals surface area contributed by atoms with Crippen molar-refractivity contribution in [2.24, 2.45) is 10.9 Å². The Labute approximate surface area is 162 Å². The highest BCUT2D eigenvalue weighted by Crippen LogP contribution is 2.17. The Bertz CT molecular complexity index is 753. The Hall–Kier alpha value is -1.86. The summed E-state index contributed by atoms with van der Waals surface area (Å²) in [5.41, 5.74) is 1.23. The number of sulfone groups is 1. The van der Waals surface area contributed by atoms with Gasteiger partial charge in [-0.25, -0.2) is 8.42 Å². The van der Waals surface area contributed by atoms with E-state index in [0.717, 1.165) is 45.1 Å². The van der Waals surface area contributed by atoms with Gasteiger partial charge in [0.05, 0.1) is 11.5 Å². The number of rotatable bonds is 5. The van der Waals surface area contributed by atoms with E-state index in [-0.39, 0.29) is 5.92 Å². The maximum absolute atomic E-state index is 11.6. The molecule has 27 heavy (non-hydrogen) atoms. The molecular formula is C20H30N4O2S. The summed E-state index contributed by atoms with van der Waals surface area (Å²) < 4.78 is 23.2. The quantitative estimate of drug-likeness (QED) is 0.607. The van der Waals surface area contributed by atoms with Crippen molar-refractivity contribution in [2.45, 2.75) is 6.42 Å². The number of benzene rings is 1. The molecule has 0 spiro atoms. The lowest BCUT2D eigenvalue weighted by atomic mass is 10.1. The number of nitrogens with one attached hydrogen (secondary N) is 1. The minimum atomic E-state index is -2.82. The van der Waals surface area contributed by atoms with Crippen molar-refractivity contribution in [1.29, 1.82) is 0 Å². The average Bonchev–Trinajstić information content (AvgIpc) is 3.03. The van der Waals surface area contributed by atoms with E-state index in [4.69, 9.17) is 0 Å². The van der Waals surface area contributed by atoms with Crippen molar-refractivity contribution < 1.29 is 8.42 Å². The largest absolute Gasteiger partial charge is 0.356 e. The molecule has 6 nitrogen and oxygen atoms in total. The number of guanidine groups is 1. The molecule has 0 amide bonds. The summed E-state index contributed by atoms with van der Waals surface area (Å²) >= 11 is 0. The zero-order chi connectivity index (χ0) is 19.1. The van der Waals surface area contributed by atoms with Gasteiger partial charge in [-0.3, -0.25) is 9.89 Å². The van der Waals surface area contributed by atoms with E-state index in [1.54, 1.807) is 7.05 Å². The van der Waals surface area contributed by atoms with Crippen LogP contribution in [0.5, 0.6) is 0 Å². The van der Waals surface area contributed by atoms with E-state index >= 15 is 0 Å². The molecular weight excluding hydrogens is 360 g/mol. The number of aliphatic imine (C=N–C) groups is 1. The van der Waals surface area contributed by atoms with Gasteiger partial charge >= 0.3 is 0 Å². The summed E-state index contributed by atoms with van der Waals surface area (Å²) in [7, 11) is -1.02. The Morgan fingerprint density at radius 3 is 2.59 bits per heavy atom. The van der Waals surface area contributed by atoms with Crippen LogP contribution < -0.4 is 5.32 Å². The molecule has 3 rings (SSSR count). The van der Waals surface area contributed by atoms with Gasteiger partial charge in [-0.1, -0.05) is 42.5 Å². The van der Waals surface area contributed by atoms with Gasteiger partial charge in [0.1, 0.15) is 0 Å². The molecule has 2 heterocycles. The monoisotopic (exact) mass is 390 g/mol. The lowest BCUT2D eigenvalue weighted by Gasteiger charge is -2.36. The number of piperazine rings is 1. The molecule has 1 atom stereocenters. The average molecular weight is 391 g/mol. The maximum Gasteiger partial charge on any atom is 0.193 e. The van der Waals surface area contributed by atoms with Crippen molar-refractivity contribution in [2.75, 3.05) is 57.8 Å². The fourth-order valence-electron chi connectivity index (χ4n) is 3.65. The first-order chi connectivity index (χ1) is 13.1. The third-order valence-electron chi connectivity index (χ3n) is 5.23. The normalized spacial score (nSPS) is 23.8. The van der Waals surface area contributed by atoms with E-state index in [1.165, 1.54) is 5.56 Å². The van der Waals surface area contributed by atoms with Crippen molar-refractivity contribution in [3.63, 3.8) is 0 Å².